The molecule has 5 saturated carbocycles. The van der Waals surface area contributed by atoms with Crippen LogP contribution in [0.5, 0.6) is 0 Å². The summed E-state index contributed by atoms with van der Waals surface area (Å²) in [4.78, 5) is 0. The summed E-state index contributed by atoms with van der Waals surface area (Å²) in [6, 6.07) is 0. The molecule has 5 aliphatic carbocycles. The minimum absolute atomic E-state index is 0.471. The number of rotatable bonds is 0. The van der Waals surface area contributed by atoms with Crippen molar-refractivity contribution < 1.29 is 0 Å². The first-order valence-corrected chi connectivity index (χ1v) is 13.4. The highest BCUT2D eigenvalue weighted by Gasteiger charge is 2.71. The average molecular weight is 399 g/mol. The summed E-state index contributed by atoms with van der Waals surface area (Å²) in [5.74, 6) is 3.81. The van der Waals surface area contributed by atoms with E-state index in [-0.39, 0.29) is 0 Å². The van der Waals surface area contributed by atoms with Gasteiger partial charge in [0.05, 0.1) is 0 Å². The van der Waals surface area contributed by atoms with E-state index in [0.29, 0.717) is 32.5 Å². The van der Waals surface area contributed by atoms with E-state index in [1.807, 2.05) is 0 Å². The van der Waals surface area contributed by atoms with E-state index in [1.54, 1.807) is 0 Å². The molecule has 4 unspecified atom stereocenters. The first kappa shape index (κ1) is 20.9. The molecular formula is C29H50. The van der Waals surface area contributed by atoms with Gasteiger partial charge in [-0.2, -0.15) is 0 Å². The SMILES string of the molecule is C[C@H]1CC[C@]2(C)C3CC[C@@]4(C)C(CCC5(C)CCC[C@@H]54)[C@]3(C)CCC2(C)C1(C)C. The first-order valence-electron chi connectivity index (χ1n) is 13.4. The highest BCUT2D eigenvalue weighted by molar-refractivity contribution is 5.20. The van der Waals surface area contributed by atoms with Crippen LogP contribution in [0.2, 0.25) is 0 Å². The van der Waals surface area contributed by atoms with Gasteiger partial charge in [0.2, 0.25) is 0 Å². The largest absolute Gasteiger partial charge is 0.0620 e. The highest BCUT2D eigenvalue weighted by Crippen LogP contribution is 2.79. The molecule has 0 heterocycles. The van der Waals surface area contributed by atoms with Crippen LogP contribution in [0.4, 0.5) is 0 Å². The van der Waals surface area contributed by atoms with Gasteiger partial charge in [0.1, 0.15) is 0 Å². The summed E-state index contributed by atoms with van der Waals surface area (Å²) in [5, 5.41) is 0. The van der Waals surface area contributed by atoms with Gasteiger partial charge in [-0.3, -0.25) is 0 Å². The van der Waals surface area contributed by atoms with Crippen LogP contribution in [0.25, 0.3) is 0 Å². The second kappa shape index (κ2) is 5.86. The Morgan fingerprint density at radius 3 is 1.93 bits per heavy atom. The molecule has 0 aromatic carbocycles. The van der Waals surface area contributed by atoms with Gasteiger partial charge in [0.25, 0.3) is 0 Å². The molecular weight excluding hydrogens is 348 g/mol. The number of hydrogen-bond acceptors (Lipinski definition) is 0. The lowest BCUT2D eigenvalue weighted by Gasteiger charge is -2.75. The third-order valence-electron chi connectivity index (χ3n) is 14.2. The predicted molar refractivity (Wildman–Crippen MR) is 125 cm³/mol. The lowest BCUT2D eigenvalue weighted by atomic mass is 9.30. The zero-order valence-electron chi connectivity index (χ0n) is 21.1. The summed E-state index contributed by atoms with van der Waals surface area (Å²) < 4.78 is 0. The Bertz CT molecular complexity index is 690. The molecule has 29 heavy (non-hydrogen) atoms. The van der Waals surface area contributed by atoms with E-state index in [9.17, 15) is 0 Å². The van der Waals surface area contributed by atoms with E-state index >= 15 is 0 Å². The third-order valence-corrected chi connectivity index (χ3v) is 14.2. The molecule has 5 rings (SSSR count). The van der Waals surface area contributed by atoms with Crippen molar-refractivity contribution in [1.29, 1.82) is 0 Å². The fourth-order valence-corrected chi connectivity index (χ4v) is 11.7. The average Bonchev–Trinajstić information content (AvgIpc) is 3.05. The van der Waals surface area contributed by atoms with Gasteiger partial charge >= 0.3 is 0 Å². The van der Waals surface area contributed by atoms with Crippen molar-refractivity contribution in [3.63, 3.8) is 0 Å². The zero-order valence-corrected chi connectivity index (χ0v) is 21.1. The van der Waals surface area contributed by atoms with Gasteiger partial charge in [-0.15, -0.1) is 0 Å². The molecule has 0 aromatic rings. The minimum atomic E-state index is 0.471. The Morgan fingerprint density at radius 2 is 1.21 bits per heavy atom. The van der Waals surface area contributed by atoms with E-state index in [2.05, 4.69) is 55.4 Å². The van der Waals surface area contributed by atoms with Crippen LogP contribution < -0.4 is 0 Å². The van der Waals surface area contributed by atoms with Crippen LogP contribution >= 0.6 is 0 Å². The van der Waals surface area contributed by atoms with Crippen LogP contribution in [0, 0.1) is 56.2 Å². The van der Waals surface area contributed by atoms with Crippen LogP contribution in [0.15, 0.2) is 0 Å². The molecule has 0 aliphatic heterocycles. The molecule has 0 bridgehead atoms. The maximum atomic E-state index is 2.80. The maximum absolute atomic E-state index is 2.80. The van der Waals surface area contributed by atoms with Crippen LogP contribution in [0.1, 0.15) is 126 Å². The third kappa shape index (κ3) is 2.24. The molecule has 166 valence electrons. The lowest BCUT2D eigenvalue weighted by Crippen LogP contribution is -2.67. The van der Waals surface area contributed by atoms with Gasteiger partial charge in [-0.05, 0) is 120 Å². The van der Waals surface area contributed by atoms with Crippen molar-refractivity contribution in [2.75, 3.05) is 0 Å². The first-order chi connectivity index (χ1) is 13.4. The molecule has 0 N–H and O–H groups in total. The Hall–Kier alpha value is 0. The van der Waals surface area contributed by atoms with Gasteiger partial charge < -0.3 is 0 Å². The van der Waals surface area contributed by atoms with Crippen molar-refractivity contribution in [1.82, 2.24) is 0 Å². The molecule has 0 radical (unpaired) electrons. The second-order valence-corrected chi connectivity index (χ2v) is 14.7. The van der Waals surface area contributed by atoms with Crippen molar-refractivity contribution in [3.8, 4) is 0 Å². The fourth-order valence-electron chi connectivity index (χ4n) is 11.7. The van der Waals surface area contributed by atoms with Crippen molar-refractivity contribution >= 4 is 0 Å². The minimum Gasteiger partial charge on any atom is -0.0620 e. The maximum Gasteiger partial charge on any atom is -0.0215 e. The quantitative estimate of drug-likeness (QED) is 0.382. The van der Waals surface area contributed by atoms with Crippen LogP contribution in [-0.4, -0.2) is 0 Å². The van der Waals surface area contributed by atoms with Gasteiger partial charge in [0, 0.05) is 0 Å². The second-order valence-electron chi connectivity index (χ2n) is 14.7. The van der Waals surface area contributed by atoms with E-state index in [1.165, 1.54) is 70.6 Å². The van der Waals surface area contributed by atoms with E-state index in [4.69, 9.17) is 0 Å². The monoisotopic (exact) mass is 398 g/mol. The summed E-state index contributed by atoms with van der Waals surface area (Å²) in [6.45, 7) is 21.6. The molecule has 5 fully saturated rings. The number of hydrogen-bond donors (Lipinski definition) is 0. The Morgan fingerprint density at radius 1 is 0.552 bits per heavy atom. The van der Waals surface area contributed by atoms with Crippen molar-refractivity contribution in [2.24, 2.45) is 56.2 Å². The fraction of sp³-hybridized carbons (Fsp3) is 1.00. The highest BCUT2D eigenvalue weighted by atomic mass is 14.8. The Kier molecular flexibility index (Phi) is 4.22. The summed E-state index contributed by atoms with van der Waals surface area (Å²) in [6.07, 6.45) is 16.6. The normalized spacial score (nSPS) is 61.2. The molecule has 9 atom stereocenters. The molecule has 0 nitrogen and oxygen atoms in total. The Balaban J connectivity index is 1.56. The van der Waals surface area contributed by atoms with Crippen molar-refractivity contribution in [2.45, 2.75) is 126 Å². The predicted octanol–water partition coefficient (Wildman–Crippen LogP) is 8.89. The van der Waals surface area contributed by atoms with Gasteiger partial charge in [-0.1, -0.05) is 61.8 Å². The van der Waals surface area contributed by atoms with Crippen LogP contribution in [0.3, 0.4) is 0 Å². The molecule has 0 saturated heterocycles. The van der Waals surface area contributed by atoms with Gasteiger partial charge in [0.15, 0.2) is 0 Å². The molecule has 0 aromatic heterocycles. The van der Waals surface area contributed by atoms with Crippen molar-refractivity contribution in [3.05, 3.63) is 0 Å². The van der Waals surface area contributed by atoms with Crippen LogP contribution in [-0.2, 0) is 0 Å². The van der Waals surface area contributed by atoms with Gasteiger partial charge in [-0.25, -0.2) is 0 Å². The molecule has 0 amide bonds. The molecule has 0 heteroatoms. The lowest BCUT2D eigenvalue weighted by molar-refractivity contribution is -0.261. The van der Waals surface area contributed by atoms with E-state index in [0.717, 1.165) is 23.7 Å². The topological polar surface area (TPSA) is 0 Å². The summed E-state index contributed by atoms with van der Waals surface area (Å²) >= 11 is 0. The zero-order chi connectivity index (χ0) is 21.1. The smallest absolute Gasteiger partial charge is 0.0215 e. The standard InChI is InChI=1S/C29H50/c1-20-11-17-28(7)23-13-16-26(5)21-10-9-14-25(21,4)15-12-22(26)27(23,6)18-19-29(28,8)24(20,2)3/h20-23H,9-19H2,1-8H3/t20-,21-,22?,23?,25?,26+,27-,28+,29?/m0/s1. The molecule has 5 aliphatic rings. The summed E-state index contributed by atoms with van der Waals surface area (Å²) in [5.41, 5.74) is 3.39. The summed E-state index contributed by atoms with van der Waals surface area (Å²) in [7, 11) is 0. The Labute approximate surface area is 182 Å². The van der Waals surface area contributed by atoms with E-state index < -0.39 is 0 Å². The molecule has 0 spiro atoms. The number of fused-ring (bicyclic) bond motifs is 7.